The van der Waals surface area contributed by atoms with Crippen molar-refractivity contribution in [1.29, 1.82) is 0 Å². The number of carbonyl (C=O) groups is 1. The van der Waals surface area contributed by atoms with E-state index in [4.69, 9.17) is 5.90 Å². The van der Waals surface area contributed by atoms with Crippen LogP contribution in [-0.2, 0) is 9.63 Å². The molecule has 14 heavy (non-hydrogen) atoms. The summed E-state index contributed by atoms with van der Waals surface area (Å²) in [5.74, 6) is 4.24. The zero-order valence-corrected chi connectivity index (χ0v) is 9.97. The molecule has 84 valence electrons. The average molecular weight is 223 g/mol. The van der Waals surface area contributed by atoms with Gasteiger partial charge in [-0.05, 0) is 20.8 Å². The molecule has 0 rings (SSSR count). The predicted octanol–water partition coefficient (Wildman–Crippen LogP) is 1.50. The Bertz CT molecular complexity index is 180. The molecule has 0 unspecified atom stereocenters. The SMILES string of the molecule is CCN(C=C(C)C(=O)ON)CC.CCl. The van der Waals surface area contributed by atoms with Crippen LogP contribution in [0.15, 0.2) is 11.8 Å². The third-order valence-corrected chi connectivity index (χ3v) is 1.62. The van der Waals surface area contributed by atoms with Gasteiger partial charge in [0.15, 0.2) is 0 Å². The molecular formula is C9H19ClN2O2. The van der Waals surface area contributed by atoms with E-state index in [0.717, 1.165) is 13.1 Å². The summed E-state index contributed by atoms with van der Waals surface area (Å²) in [6.45, 7) is 7.44. The molecule has 0 aromatic heterocycles. The molecule has 0 saturated carbocycles. The maximum Gasteiger partial charge on any atom is 0.353 e. The van der Waals surface area contributed by atoms with E-state index in [9.17, 15) is 4.79 Å². The monoisotopic (exact) mass is 222 g/mol. The second kappa shape index (κ2) is 10.3. The van der Waals surface area contributed by atoms with Crippen LogP contribution in [-0.4, -0.2) is 30.3 Å². The minimum Gasteiger partial charge on any atom is -0.377 e. The van der Waals surface area contributed by atoms with Crippen LogP contribution in [0.5, 0.6) is 0 Å². The van der Waals surface area contributed by atoms with Crippen LogP contribution in [0.1, 0.15) is 20.8 Å². The van der Waals surface area contributed by atoms with Gasteiger partial charge in [0.1, 0.15) is 0 Å². The number of rotatable bonds is 4. The molecule has 0 heterocycles. The molecule has 5 heteroatoms. The maximum absolute atomic E-state index is 10.8. The Balaban J connectivity index is 0. The molecule has 0 amide bonds. The second-order valence-electron chi connectivity index (χ2n) is 2.44. The molecule has 0 fully saturated rings. The Morgan fingerprint density at radius 2 is 1.86 bits per heavy atom. The fourth-order valence-electron chi connectivity index (χ4n) is 0.826. The molecule has 2 N–H and O–H groups in total. The number of hydrogen-bond donors (Lipinski definition) is 1. The number of hydrogen-bond acceptors (Lipinski definition) is 4. The molecule has 0 aromatic carbocycles. The summed E-state index contributed by atoms with van der Waals surface area (Å²) >= 11 is 4.64. The summed E-state index contributed by atoms with van der Waals surface area (Å²) in [6.07, 6.45) is 3.22. The van der Waals surface area contributed by atoms with Crippen molar-refractivity contribution >= 4 is 17.6 Å². The summed E-state index contributed by atoms with van der Waals surface area (Å²) < 4.78 is 0. The van der Waals surface area contributed by atoms with Gasteiger partial charge in [0.2, 0.25) is 0 Å². The highest BCUT2D eigenvalue weighted by Crippen LogP contribution is 1.98. The summed E-state index contributed by atoms with van der Waals surface area (Å²) in [6, 6.07) is 0. The minimum atomic E-state index is -0.484. The first-order valence-electron chi connectivity index (χ1n) is 4.37. The first-order chi connectivity index (χ1) is 6.65. The van der Waals surface area contributed by atoms with Gasteiger partial charge >= 0.3 is 5.97 Å². The van der Waals surface area contributed by atoms with Crippen molar-refractivity contribution in [2.75, 3.05) is 19.5 Å². The topological polar surface area (TPSA) is 55.6 Å². The summed E-state index contributed by atoms with van der Waals surface area (Å²) in [5, 5.41) is 0. The summed E-state index contributed by atoms with van der Waals surface area (Å²) in [5.41, 5.74) is 0.515. The first-order valence-corrected chi connectivity index (χ1v) is 5.12. The molecule has 0 saturated heterocycles. The van der Waals surface area contributed by atoms with Crippen molar-refractivity contribution in [2.45, 2.75) is 20.8 Å². The molecule has 0 radical (unpaired) electrons. The third kappa shape index (κ3) is 6.74. The average Bonchev–Trinajstić information content (AvgIpc) is 2.26. The Kier molecular flexibility index (Phi) is 11.6. The number of halogens is 1. The standard InChI is InChI=1S/C8H16N2O2.CH3Cl/c1-4-10(5-2)6-7(3)8(11)12-9;1-2/h6H,4-5,9H2,1-3H3;1H3. The molecule has 0 aromatic rings. The molecule has 4 nitrogen and oxygen atoms in total. The number of alkyl halides is 1. The normalized spacial score (nSPS) is 10.0. The van der Waals surface area contributed by atoms with Gasteiger partial charge in [-0.2, -0.15) is 5.90 Å². The fraction of sp³-hybridized carbons (Fsp3) is 0.667. The molecular weight excluding hydrogens is 204 g/mol. The van der Waals surface area contributed by atoms with Gasteiger partial charge in [0.25, 0.3) is 0 Å². The van der Waals surface area contributed by atoms with E-state index < -0.39 is 5.97 Å². The summed E-state index contributed by atoms with van der Waals surface area (Å²) in [4.78, 5) is 16.9. The van der Waals surface area contributed by atoms with Gasteiger partial charge in [0.05, 0.1) is 5.57 Å². The second-order valence-corrected chi connectivity index (χ2v) is 2.44. The van der Waals surface area contributed by atoms with Crippen LogP contribution < -0.4 is 5.90 Å². The van der Waals surface area contributed by atoms with E-state index in [2.05, 4.69) is 16.4 Å². The van der Waals surface area contributed by atoms with Gasteiger partial charge in [-0.3, -0.25) is 0 Å². The van der Waals surface area contributed by atoms with Crippen molar-refractivity contribution in [3.05, 3.63) is 11.8 Å². The van der Waals surface area contributed by atoms with E-state index in [-0.39, 0.29) is 0 Å². The van der Waals surface area contributed by atoms with Gasteiger partial charge in [-0.15, -0.1) is 11.6 Å². The Hall–Kier alpha value is -0.740. The zero-order chi connectivity index (χ0) is 11.6. The van der Waals surface area contributed by atoms with Crippen LogP contribution in [0.3, 0.4) is 0 Å². The smallest absolute Gasteiger partial charge is 0.353 e. The number of nitrogens with two attached hydrogens (primary N) is 1. The minimum absolute atomic E-state index is 0.484. The lowest BCUT2D eigenvalue weighted by atomic mass is 10.3. The Morgan fingerprint density at radius 3 is 2.14 bits per heavy atom. The van der Waals surface area contributed by atoms with E-state index >= 15 is 0 Å². The fourth-order valence-corrected chi connectivity index (χ4v) is 0.826. The first kappa shape index (κ1) is 15.7. The van der Waals surface area contributed by atoms with Crippen LogP contribution in [0, 0.1) is 0 Å². The van der Waals surface area contributed by atoms with E-state index in [1.165, 1.54) is 6.38 Å². The molecule has 0 spiro atoms. The molecule has 0 atom stereocenters. The highest BCUT2D eigenvalue weighted by molar-refractivity contribution is 6.15. The van der Waals surface area contributed by atoms with Crippen molar-refractivity contribution in [1.82, 2.24) is 4.90 Å². The third-order valence-electron chi connectivity index (χ3n) is 1.62. The van der Waals surface area contributed by atoms with Crippen LogP contribution in [0.25, 0.3) is 0 Å². The number of nitrogens with zero attached hydrogens (tertiary/aromatic N) is 1. The lowest BCUT2D eigenvalue weighted by molar-refractivity contribution is -0.139. The predicted molar refractivity (Wildman–Crippen MR) is 58.7 cm³/mol. The van der Waals surface area contributed by atoms with Crippen molar-refractivity contribution in [3.8, 4) is 0 Å². The highest BCUT2D eigenvalue weighted by Gasteiger charge is 2.04. The van der Waals surface area contributed by atoms with E-state index in [1.54, 1.807) is 13.1 Å². The Labute approximate surface area is 90.6 Å². The van der Waals surface area contributed by atoms with E-state index in [1.807, 2.05) is 18.7 Å². The van der Waals surface area contributed by atoms with Gasteiger partial charge in [0, 0.05) is 25.7 Å². The zero-order valence-electron chi connectivity index (χ0n) is 9.21. The Morgan fingerprint density at radius 1 is 1.43 bits per heavy atom. The quantitative estimate of drug-likeness (QED) is 0.445. The van der Waals surface area contributed by atoms with Gasteiger partial charge < -0.3 is 9.74 Å². The highest BCUT2D eigenvalue weighted by atomic mass is 35.5. The molecule has 0 aliphatic rings. The van der Waals surface area contributed by atoms with Crippen LogP contribution in [0.2, 0.25) is 0 Å². The molecule has 0 aliphatic heterocycles. The lowest BCUT2D eigenvalue weighted by Gasteiger charge is -2.15. The van der Waals surface area contributed by atoms with Crippen molar-refractivity contribution in [3.63, 3.8) is 0 Å². The van der Waals surface area contributed by atoms with E-state index in [0.29, 0.717) is 5.57 Å². The van der Waals surface area contributed by atoms with Gasteiger partial charge in [-0.25, -0.2) is 4.79 Å². The van der Waals surface area contributed by atoms with Crippen molar-refractivity contribution < 1.29 is 9.63 Å². The van der Waals surface area contributed by atoms with Crippen LogP contribution in [0.4, 0.5) is 0 Å². The molecule has 0 bridgehead atoms. The number of carbonyl (C=O) groups excluding carboxylic acids is 1. The van der Waals surface area contributed by atoms with Crippen LogP contribution >= 0.6 is 11.6 Å². The summed E-state index contributed by atoms with van der Waals surface area (Å²) in [7, 11) is 0. The van der Waals surface area contributed by atoms with Crippen molar-refractivity contribution in [2.24, 2.45) is 5.90 Å². The lowest BCUT2D eigenvalue weighted by Crippen LogP contribution is -2.19. The maximum atomic E-state index is 10.8. The van der Waals surface area contributed by atoms with Gasteiger partial charge in [-0.1, -0.05) is 0 Å². The largest absolute Gasteiger partial charge is 0.377 e. The molecule has 0 aliphatic carbocycles.